The number of rotatable bonds is 7. The van der Waals surface area contributed by atoms with Crippen LogP contribution in [-0.2, 0) is 13.2 Å². The average molecular weight is 318 g/mol. The Morgan fingerprint density at radius 2 is 1.86 bits per heavy atom. The summed E-state index contributed by atoms with van der Waals surface area (Å²) in [6.07, 6.45) is 1.08. The maximum atomic E-state index is 6.01. The molecule has 0 heterocycles. The molecule has 2 rings (SSSR count). The average Bonchev–Trinajstić information content (AvgIpc) is 2.52. The Balaban J connectivity index is 2.02. The predicted octanol–water partition coefficient (Wildman–Crippen LogP) is 5.20. The molecule has 0 unspecified atom stereocenters. The van der Waals surface area contributed by atoms with Gasteiger partial charge in [-0.25, -0.2) is 0 Å². The number of hydrogen-bond acceptors (Lipinski definition) is 2. The van der Waals surface area contributed by atoms with Gasteiger partial charge in [0.1, 0.15) is 12.4 Å². The van der Waals surface area contributed by atoms with Gasteiger partial charge in [0, 0.05) is 22.7 Å². The molecular formula is C19H24ClNO. The van der Waals surface area contributed by atoms with Crippen LogP contribution < -0.4 is 10.1 Å². The summed E-state index contributed by atoms with van der Waals surface area (Å²) in [4.78, 5) is 0. The van der Waals surface area contributed by atoms with Gasteiger partial charge in [-0.1, -0.05) is 48.9 Å². The molecule has 0 aliphatic heterocycles. The molecule has 1 N–H and O–H groups in total. The smallest absolute Gasteiger partial charge is 0.124 e. The molecule has 2 aromatic rings. The minimum Gasteiger partial charge on any atom is -0.489 e. The minimum atomic E-state index is 0.125. The fourth-order valence-electron chi connectivity index (χ4n) is 2.04. The third-order valence-electron chi connectivity index (χ3n) is 3.90. The molecule has 0 amide bonds. The van der Waals surface area contributed by atoms with E-state index < -0.39 is 0 Å². The molecular weight excluding hydrogens is 294 g/mol. The van der Waals surface area contributed by atoms with E-state index in [-0.39, 0.29) is 5.54 Å². The van der Waals surface area contributed by atoms with E-state index in [2.05, 4.69) is 32.2 Å². The van der Waals surface area contributed by atoms with E-state index in [1.54, 1.807) is 0 Å². The van der Waals surface area contributed by atoms with Crippen molar-refractivity contribution in [2.24, 2.45) is 0 Å². The standard InChI is InChI=1S/C19H24ClNO/c1-4-19(2,3)21-13-16-9-5-6-11-18(16)22-14-15-8-7-10-17(20)12-15/h5-12,21H,4,13-14H2,1-3H3. The minimum absolute atomic E-state index is 0.125. The highest BCUT2D eigenvalue weighted by molar-refractivity contribution is 6.30. The Labute approximate surface area is 138 Å². The molecule has 0 fully saturated rings. The number of benzene rings is 2. The molecule has 0 aromatic heterocycles. The summed E-state index contributed by atoms with van der Waals surface area (Å²) < 4.78 is 5.98. The molecule has 0 radical (unpaired) electrons. The van der Waals surface area contributed by atoms with E-state index in [1.165, 1.54) is 5.56 Å². The van der Waals surface area contributed by atoms with Crippen molar-refractivity contribution in [1.82, 2.24) is 5.32 Å². The van der Waals surface area contributed by atoms with E-state index in [9.17, 15) is 0 Å². The van der Waals surface area contributed by atoms with Gasteiger partial charge in [-0.3, -0.25) is 0 Å². The van der Waals surface area contributed by atoms with Crippen LogP contribution in [0, 0.1) is 0 Å². The molecule has 2 aromatic carbocycles. The maximum absolute atomic E-state index is 6.01. The van der Waals surface area contributed by atoms with Gasteiger partial charge >= 0.3 is 0 Å². The largest absolute Gasteiger partial charge is 0.489 e. The molecule has 0 bridgehead atoms. The van der Waals surface area contributed by atoms with Crippen LogP contribution in [0.15, 0.2) is 48.5 Å². The second kappa shape index (κ2) is 7.66. The zero-order valence-corrected chi connectivity index (χ0v) is 14.3. The monoisotopic (exact) mass is 317 g/mol. The number of halogens is 1. The predicted molar refractivity (Wildman–Crippen MR) is 93.4 cm³/mol. The van der Waals surface area contributed by atoms with Crippen LogP contribution in [0.25, 0.3) is 0 Å². The molecule has 3 heteroatoms. The van der Waals surface area contributed by atoms with E-state index >= 15 is 0 Å². The second-order valence-electron chi connectivity index (χ2n) is 6.12. The Hall–Kier alpha value is -1.51. The van der Waals surface area contributed by atoms with Crippen LogP contribution in [0.1, 0.15) is 38.3 Å². The van der Waals surface area contributed by atoms with Gasteiger partial charge in [0.15, 0.2) is 0 Å². The van der Waals surface area contributed by atoms with Crippen LogP contribution in [0.3, 0.4) is 0 Å². The molecule has 0 saturated carbocycles. The Bertz CT molecular complexity index is 610. The number of para-hydroxylation sites is 1. The molecule has 22 heavy (non-hydrogen) atoms. The lowest BCUT2D eigenvalue weighted by Gasteiger charge is -2.25. The highest BCUT2D eigenvalue weighted by Gasteiger charge is 2.14. The van der Waals surface area contributed by atoms with Gasteiger partial charge in [-0.2, -0.15) is 0 Å². The van der Waals surface area contributed by atoms with Gasteiger partial charge in [0.05, 0.1) is 0 Å². The quantitative estimate of drug-likeness (QED) is 0.758. The molecule has 0 spiro atoms. The third kappa shape index (κ3) is 5.04. The molecule has 118 valence electrons. The van der Waals surface area contributed by atoms with Crippen molar-refractivity contribution in [3.8, 4) is 5.75 Å². The summed E-state index contributed by atoms with van der Waals surface area (Å²) in [5, 5.41) is 4.31. The first-order valence-corrected chi connectivity index (χ1v) is 8.08. The van der Waals surface area contributed by atoms with Crippen molar-refractivity contribution in [3.63, 3.8) is 0 Å². The van der Waals surface area contributed by atoms with E-state index in [4.69, 9.17) is 16.3 Å². The molecule has 0 aliphatic rings. The summed E-state index contributed by atoms with van der Waals surface area (Å²) >= 11 is 6.01. The summed E-state index contributed by atoms with van der Waals surface area (Å²) in [6, 6.07) is 15.9. The summed E-state index contributed by atoms with van der Waals surface area (Å²) in [5.41, 5.74) is 2.37. The van der Waals surface area contributed by atoms with Crippen molar-refractivity contribution < 1.29 is 4.74 Å². The first-order chi connectivity index (χ1) is 10.5. The van der Waals surface area contributed by atoms with Gasteiger partial charge in [-0.15, -0.1) is 0 Å². The van der Waals surface area contributed by atoms with Gasteiger partial charge in [0.25, 0.3) is 0 Å². The first kappa shape index (κ1) is 16.9. The lowest BCUT2D eigenvalue weighted by molar-refractivity contribution is 0.298. The topological polar surface area (TPSA) is 21.3 Å². The van der Waals surface area contributed by atoms with Crippen molar-refractivity contribution in [3.05, 3.63) is 64.7 Å². The van der Waals surface area contributed by atoms with Crippen LogP contribution >= 0.6 is 11.6 Å². The van der Waals surface area contributed by atoms with Gasteiger partial charge in [0.2, 0.25) is 0 Å². The highest BCUT2D eigenvalue weighted by atomic mass is 35.5. The normalized spacial score (nSPS) is 11.5. The molecule has 0 aliphatic carbocycles. The van der Waals surface area contributed by atoms with Crippen LogP contribution in [0.4, 0.5) is 0 Å². The van der Waals surface area contributed by atoms with E-state index in [0.29, 0.717) is 6.61 Å². The third-order valence-corrected chi connectivity index (χ3v) is 4.13. The van der Waals surface area contributed by atoms with Crippen LogP contribution in [0.2, 0.25) is 5.02 Å². The Morgan fingerprint density at radius 3 is 2.59 bits per heavy atom. The SMILES string of the molecule is CCC(C)(C)NCc1ccccc1OCc1cccc(Cl)c1. The maximum Gasteiger partial charge on any atom is 0.124 e. The van der Waals surface area contributed by atoms with Crippen molar-refractivity contribution >= 4 is 11.6 Å². The van der Waals surface area contributed by atoms with Gasteiger partial charge < -0.3 is 10.1 Å². The molecule has 2 nitrogen and oxygen atoms in total. The summed E-state index contributed by atoms with van der Waals surface area (Å²) in [6.45, 7) is 7.93. The van der Waals surface area contributed by atoms with Gasteiger partial charge in [-0.05, 0) is 44.0 Å². The Kier molecular flexibility index (Phi) is 5.87. The lowest BCUT2D eigenvalue weighted by Crippen LogP contribution is -2.37. The summed E-state index contributed by atoms with van der Waals surface area (Å²) in [5.74, 6) is 0.918. The Morgan fingerprint density at radius 1 is 1.09 bits per heavy atom. The number of hydrogen-bond donors (Lipinski definition) is 1. The van der Waals surface area contributed by atoms with Crippen LogP contribution in [0.5, 0.6) is 5.75 Å². The van der Waals surface area contributed by atoms with Crippen molar-refractivity contribution in [2.75, 3.05) is 0 Å². The fourth-order valence-corrected chi connectivity index (χ4v) is 2.25. The van der Waals surface area contributed by atoms with E-state index in [0.717, 1.165) is 29.3 Å². The lowest BCUT2D eigenvalue weighted by atomic mass is 10.0. The van der Waals surface area contributed by atoms with Crippen molar-refractivity contribution in [2.45, 2.75) is 45.9 Å². The van der Waals surface area contributed by atoms with Crippen molar-refractivity contribution in [1.29, 1.82) is 0 Å². The molecule has 0 saturated heterocycles. The molecule has 0 atom stereocenters. The van der Waals surface area contributed by atoms with E-state index in [1.807, 2.05) is 42.5 Å². The number of nitrogens with one attached hydrogen (secondary N) is 1. The zero-order chi connectivity index (χ0) is 16.0. The van der Waals surface area contributed by atoms with Crippen LogP contribution in [-0.4, -0.2) is 5.54 Å². The number of ether oxygens (including phenoxy) is 1. The highest BCUT2D eigenvalue weighted by Crippen LogP contribution is 2.21. The first-order valence-electron chi connectivity index (χ1n) is 7.70. The second-order valence-corrected chi connectivity index (χ2v) is 6.55. The fraction of sp³-hybridized carbons (Fsp3) is 0.368. The zero-order valence-electron chi connectivity index (χ0n) is 13.5. The summed E-state index contributed by atoms with van der Waals surface area (Å²) in [7, 11) is 0.